The highest BCUT2D eigenvalue weighted by Crippen LogP contribution is 2.24. The molecule has 0 radical (unpaired) electrons. The van der Waals surface area contributed by atoms with Crippen molar-refractivity contribution in [2.45, 2.75) is 54.4 Å². The molecule has 0 aliphatic carbocycles. The summed E-state index contributed by atoms with van der Waals surface area (Å²) in [5, 5.41) is 0. The molecule has 0 aromatic heterocycles. The molecule has 0 bridgehead atoms. The van der Waals surface area contributed by atoms with Gasteiger partial charge >= 0.3 is 0 Å². The van der Waals surface area contributed by atoms with E-state index in [4.69, 9.17) is 0 Å². The summed E-state index contributed by atoms with van der Waals surface area (Å²) in [7, 11) is 0. The Bertz CT molecular complexity index is 88.6. The summed E-state index contributed by atoms with van der Waals surface area (Å²) in [6.45, 7) is 14.1. The number of hydrogen-bond acceptors (Lipinski definition) is 0. The van der Waals surface area contributed by atoms with E-state index in [1.54, 1.807) is 0 Å². The van der Waals surface area contributed by atoms with Crippen molar-refractivity contribution >= 4 is 0 Å². The minimum atomic E-state index is 0.856. The Morgan fingerprint density at radius 2 is 0.833 bits per heavy atom. The van der Waals surface area contributed by atoms with Crippen LogP contribution in [0.1, 0.15) is 54.4 Å². The highest BCUT2D eigenvalue weighted by molar-refractivity contribution is 4.65. The summed E-state index contributed by atoms with van der Waals surface area (Å²) in [4.78, 5) is 0. The van der Waals surface area contributed by atoms with Crippen LogP contribution < -0.4 is 0 Å². The third-order valence-electron chi connectivity index (χ3n) is 2.66. The zero-order chi connectivity index (χ0) is 9.72. The van der Waals surface area contributed by atoms with Crippen molar-refractivity contribution in [3.63, 3.8) is 0 Å². The second kappa shape index (κ2) is 5.61. The maximum atomic E-state index is 2.40. The van der Waals surface area contributed by atoms with Crippen LogP contribution in [0.2, 0.25) is 0 Å². The van der Waals surface area contributed by atoms with Crippen molar-refractivity contribution in [2.24, 2.45) is 23.7 Å². The molecule has 0 aliphatic rings. The molecule has 0 amide bonds. The smallest absolute Gasteiger partial charge is 0.0414 e. The quantitative estimate of drug-likeness (QED) is 0.575. The van der Waals surface area contributed by atoms with Gasteiger partial charge in [-0.05, 0) is 36.5 Å². The highest BCUT2D eigenvalue weighted by atomic mass is 14.2. The third-order valence-corrected chi connectivity index (χ3v) is 2.66. The predicted molar refractivity (Wildman–Crippen MR) is 57.2 cm³/mol. The zero-order valence-electron chi connectivity index (χ0n) is 9.72. The molecular weight excluding hydrogens is 144 g/mol. The van der Waals surface area contributed by atoms with Crippen molar-refractivity contribution in [3.8, 4) is 0 Å². The molecule has 0 fully saturated rings. The standard InChI is InChI=1S/C12H26/c1-9(2)7-11(5)12(6)8-10(3)4/h9-12H,7-8H2,1-6H3. The lowest BCUT2D eigenvalue weighted by Gasteiger charge is -2.23. The third kappa shape index (κ3) is 5.62. The molecule has 0 saturated heterocycles. The van der Waals surface area contributed by atoms with Gasteiger partial charge in [0.25, 0.3) is 0 Å². The minimum Gasteiger partial charge on any atom is -0.0628 e. The molecule has 74 valence electrons. The summed E-state index contributed by atoms with van der Waals surface area (Å²) in [6, 6.07) is 0. The fourth-order valence-corrected chi connectivity index (χ4v) is 1.95. The molecule has 0 N–H and O–H groups in total. The fraction of sp³-hybridized carbons (Fsp3) is 1.00. The van der Waals surface area contributed by atoms with Crippen LogP contribution in [0, 0.1) is 23.7 Å². The van der Waals surface area contributed by atoms with Gasteiger partial charge in [0.2, 0.25) is 0 Å². The zero-order valence-corrected chi connectivity index (χ0v) is 9.72. The molecule has 0 rings (SSSR count). The van der Waals surface area contributed by atoms with Gasteiger partial charge in [0, 0.05) is 0 Å². The van der Waals surface area contributed by atoms with E-state index in [9.17, 15) is 0 Å². The first-order chi connectivity index (χ1) is 5.43. The molecule has 2 unspecified atom stereocenters. The maximum Gasteiger partial charge on any atom is -0.0414 e. The van der Waals surface area contributed by atoms with E-state index in [-0.39, 0.29) is 0 Å². The lowest BCUT2D eigenvalue weighted by molar-refractivity contribution is 0.282. The molecule has 0 aliphatic heterocycles. The van der Waals surface area contributed by atoms with Gasteiger partial charge in [-0.3, -0.25) is 0 Å². The predicted octanol–water partition coefficient (Wildman–Crippen LogP) is 4.35. The molecule has 2 atom stereocenters. The topological polar surface area (TPSA) is 0 Å². The van der Waals surface area contributed by atoms with Crippen molar-refractivity contribution < 1.29 is 0 Å². The average molecular weight is 170 g/mol. The van der Waals surface area contributed by atoms with Gasteiger partial charge in [-0.2, -0.15) is 0 Å². The van der Waals surface area contributed by atoms with Gasteiger partial charge in [0.15, 0.2) is 0 Å². The van der Waals surface area contributed by atoms with Crippen LogP contribution in [-0.2, 0) is 0 Å². The van der Waals surface area contributed by atoms with Gasteiger partial charge in [-0.1, -0.05) is 41.5 Å². The summed E-state index contributed by atoms with van der Waals surface area (Å²) >= 11 is 0. The minimum absolute atomic E-state index is 0.856. The Kier molecular flexibility index (Phi) is 5.61. The average Bonchev–Trinajstić information content (AvgIpc) is 1.84. The molecule has 0 nitrogen and oxygen atoms in total. The first-order valence-corrected chi connectivity index (χ1v) is 5.43. The molecule has 0 spiro atoms. The maximum absolute atomic E-state index is 2.40. The Morgan fingerprint density at radius 1 is 0.583 bits per heavy atom. The fourth-order valence-electron chi connectivity index (χ4n) is 1.95. The van der Waals surface area contributed by atoms with Crippen molar-refractivity contribution in [2.75, 3.05) is 0 Å². The molecule has 0 heteroatoms. The van der Waals surface area contributed by atoms with Gasteiger partial charge in [-0.25, -0.2) is 0 Å². The summed E-state index contributed by atoms with van der Waals surface area (Å²) < 4.78 is 0. The first kappa shape index (κ1) is 12.0. The normalized spacial score (nSPS) is 17.0. The number of hydrogen-bond donors (Lipinski definition) is 0. The molecule has 0 aromatic rings. The Morgan fingerprint density at radius 3 is 1.00 bits per heavy atom. The highest BCUT2D eigenvalue weighted by Gasteiger charge is 2.14. The SMILES string of the molecule is CC(C)CC(C)C(C)CC(C)C. The summed E-state index contributed by atoms with van der Waals surface area (Å²) in [5.74, 6) is 3.50. The van der Waals surface area contributed by atoms with Gasteiger partial charge in [-0.15, -0.1) is 0 Å². The van der Waals surface area contributed by atoms with Crippen molar-refractivity contribution in [1.29, 1.82) is 0 Å². The largest absolute Gasteiger partial charge is 0.0628 e. The van der Waals surface area contributed by atoms with E-state index in [1.165, 1.54) is 12.8 Å². The van der Waals surface area contributed by atoms with Crippen molar-refractivity contribution in [1.82, 2.24) is 0 Å². The van der Waals surface area contributed by atoms with Crippen LogP contribution in [0.25, 0.3) is 0 Å². The molecule has 0 aromatic carbocycles. The lowest BCUT2D eigenvalue weighted by atomic mass is 9.83. The van der Waals surface area contributed by atoms with Crippen LogP contribution in [-0.4, -0.2) is 0 Å². The van der Waals surface area contributed by atoms with Gasteiger partial charge < -0.3 is 0 Å². The summed E-state index contributed by atoms with van der Waals surface area (Å²) in [6.07, 6.45) is 2.77. The Hall–Kier alpha value is 0. The first-order valence-electron chi connectivity index (χ1n) is 5.43. The monoisotopic (exact) mass is 170 g/mol. The molecular formula is C12H26. The molecule has 0 saturated carbocycles. The van der Waals surface area contributed by atoms with Crippen LogP contribution in [0.4, 0.5) is 0 Å². The van der Waals surface area contributed by atoms with E-state index in [2.05, 4.69) is 41.5 Å². The van der Waals surface area contributed by atoms with Crippen LogP contribution in [0.5, 0.6) is 0 Å². The van der Waals surface area contributed by atoms with E-state index in [1.807, 2.05) is 0 Å². The van der Waals surface area contributed by atoms with Crippen LogP contribution in [0.3, 0.4) is 0 Å². The molecule has 12 heavy (non-hydrogen) atoms. The lowest BCUT2D eigenvalue weighted by Crippen LogP contribution is -2.12. The van der Waals surface area contributed by atoms with Crippen molar-refractivity contribution in [3.05, 3.63) is 0 Å². The van der Waals surface area contributed by atoms with E-state index in [0.29, 0.717) is 0 Å². The second-order valence-corrected chi connectivity index (χ2v) is 5.21. The van der Waals surface area contributed by atoms with E-state index in [0.717, 1.165) is 23.7 Å². The second-order valence-electron chi connectivity index (χ2n) is 5.21. The summed E-state index contributed by atoms with van der Waals surface area (Å²) in [5.41, 5.74) is 0. The van der Waals surface area contributed by atoms with Gasteiger partial charge in [0.1, 0.15) is 0 Å². The van der Waals surface area contributed by atoms with Crippen LogP contribution in [0.15, 0.2) is 0 Å². The van der Waals surface area contributed by atoms with E-state index >= 15 is 0 Å². The number of rotatable bonds is 5. The Labute approximate surface area is 78.8 Å². The van der Waals surface area contributed by atoms with Gasteiger partial charge in [0.05, 0.1) is 0 Å². The van der Waals surface area contributed by atoms with E-state index < -0.39 is 0 Å². The molecule has 0 heterocycles. The Balaban J connectivity index is 3.68. The van der Waals surface area contributed by atoms with Crippen LogP contribution >= 0.6 is 0 Å².